The average molecular weight is 550 g/mol. The van der Waals surface area contributed by atoms with Crippen molar-refractivity contribution in [2.75, 3.05) is 26.2 Å². The van der Waals surface area contributed by atoms with Crippen LogP contribution in [0.3, 0.4) is 0 Å². The maximum atomic E-state index is 14.0. The Hall–Kier alpha value is -3.28. The molecule has 0 radical (unpaired) electrons. The van der Waals surface area contributed by atoms with E-state index < -0.39 is 38.7 Å². The lowest BCUT2D eigenvalue weighted by Gasteiger charge is -2.36. The molecule has 1 N–H and O–H groups in total. The van der Waals surface area contributed by atoms with E-state index in [1.807, 2.05) is 0 Å². The van der Waals surface area contributed by atoms with Crippen LogP contribution in [0.4, 0.5) is 4.39 Å². The normalized spacial score (nSPS) is 14.8. The monoisotopic (exact) mass is 549 g/mol. The Kier molecular flexibility index (Phi) is 7.72. The molecule has 3 aromatic rings. The van der Waals surface area contributed by atoms with E-state index in [1.165, 1.54) is 58.3 Å². The van der Waals surface area contributed by atoms with Crippen molar-refractivity contribution in [3.8, 4) is 0 Å². The molecule has 36 heavy (non-hydrogen) atoms. The summed E-state index contributed by atoms with van der Waals surface area (Å²) in [6, 6.07) is 14.0. The minimum absolute atomic E-state index is 0.0144. The lowest BCUT2D eigenvalue weighted by molar-refractivity contribution is -0.132. The molecular weight excluding hydrogens is 529 g/mol. The number of hydrogen-bond donors (Lipinski definition) is 1. The highest BCUT2D eigenvalue weighted by atomic mass is 35.5. The number of nitrogens with zero attached hydrogens (tertiary/aromatic N) is 2. The van der Waals surface area contributed by atoms with Gasteiger partial charge in [-0.25, -0.2) is 12.8 Å². The molecule has 1 atom stereocenters. The standard InChI is InChI=1S/C24H21ClFN3O5S2/c25-16-7-9-17(10-8-16)36(33,34)22(27-21(30)20-6-3-15-35-20)24(32)29-13-11-28(12-14-29)23(31)18-4-1-2-5-19(18)26/h1-10,15,22H,11-14H2,(H,27,30)/t22-/m0/s1. The van der Waals surface area contributed by atoms with Crippen molar-refractivity contribution >= 4 is 50.5 Å². The SMILES string of the molecule is O=C(N[C@H](C(=O)N1CCN(C(=O)c2ccccc2F)CC1)S(=O)(=O)c1ccc(Cl)cc1)c1cccs1. The van der Waals surface area contributed by atoms with Gasteiger partial charge in [-0.05, 0) is 47.8 Å². The number of carbonyl (C=O) groups is 3. The number of sulfone groups is 1. The van der Waals surface area contributed by atoms with E-state index in [-0.39, 0.29) is 41.5 Å². The number of nitrogens with one attached hydrogen (secondary N) is 1. The van der Waals surface area contributed by atoms with Crippen LogP contribution < -0.4 is 5.32 Å². The van der Waals surface area contributed by atoms with Gasteiger partial charge in [-0.3, -0.25) is 14.4 Å². The van der Waals surface area contributed by atoms with Crippen molar-refractivity contribution in [3.63, 3.8) is 0 Å². The second-order valence-corrected chi connectivity index (χ2v) is 11.3. The van der Waals surface area contributed by atoms with Crippen molar-refractivity contribution in [1.82, 2.24) is 15.1 Å². The molecular formula is C24H21ClFN3O5S2. The number of halogens is 2. The van der Waals surface area contributed by atoms with Gasteiger partial charge >= 0.3 is 0 Å². The highest BCUT2D eigenvalue weighted by molar-refractivity contribution is 7.92. The summed E-state index contributed by atoms with van der Waals surface area (Å²) in [6.45, 7) is 0.179. The number of thiophene rings is 1. The van der Waals surface area contributed by atoms with Crippen LogP contribution in [0.5, 0.6) is 0 Å². The summed E-state index contributed by atoms with van der Waals surface area (Å²) in [5.74, 6) is -2.69. The minimum Gasteiger partial charge on any atom is -0.336 e. The number of hydrogen-bond acceptors (Lipinski definition) is 6. The first-order valence-electron chi connectivity index (χ1n) is 10.8. The third-order valence-corrected chi connectivity index (χ3v) is 8.66. The number of piperazine rings is 1. The molecule has 2 heterocycles. The van der Waals surface area contributed by atoms with E-state index in [0.717, 1.165) is 11.3 Å². The molecule has 0 spiro atoms. The summed E-state index contributed by atoms with van der Waals surface area (Å²) in [6.07, 6.45) is 0. The zero-order valence-corrected chi connectivity index (χ0v) is 21.2. The Bertz CT molecular complexity index is 1370. The minimum atomic E-state index is -4.34. The van der Waals surface area contributed by atoms with Gasteiger partial charge < -0.3 is 15.1 Å². The summed E-state index contributed by atoms with van der Waals surface area (Å²) in [5, 5.41) is 2.45. The van der Waals surface area contributed by atoms with Crippen LogP contribution in [0.2, 0.25) is 5.02 Å². The van der Waals surface area contributed by atoms with E-state index in [1.54, 1.807) is 17.5 Å². The Balaban J connectivity index is 1.54. The topological polar surface area (TPSA) is 104 Å². The van der Waals surface area contributed by atoms with Gasteiger partial charge in [0.05, 0.1) is 15.3 Å². The van der Waals surface area contributed by atoms with Gasteiger partial charge in [-0.15, -0.1) is 11.3 Å². The molecule has 12 heteroatoms. The first-order chi connectivity index (χ1) is 17.2. The van der Waals surface area contributed by atoms with Crippen LogP contribution in [-0.2, 0) is 14.6 Å². The smallest absolute Gasteiger partial charge is 0.262 e. The van der Waals surface area contributed by atoms with Crippen molar-refractivity contribution in [2.24, 2.45) is 0 Å². The molecule has 3 amide bonds. The third kappa shape index (κ3) is 5.43. The highest BCUT2D eigenvalue weighted by Crippen LogP contribution is 2.21. The number of benzene rings is 2. The van der Waals surface area contributed by atoms with Crippen molar-refractivity contribution < 1.29 is 27.2 Å². The van der Waals surface area contributed by atoms with Gasteiger partial charge in [0.25, 0.3) is 17.7 Å². The fourth-order valence-corrected chi connectivity index (χ4v) is 5.95. The molecule has 1 aliphatic rings. The molecule has 0 saturated carbocycles. The average Bonchev–Trinajstić information content (AvgIpc) is 3.42. The molecule has 0 aliphatic carbocycles. The number of carbonyl (C=O) groups excluding carboxylic acids is 3. The molecule has 0 bridgehead atoms. The summed E-state index contributed by atoms with van der Waals surface area (Å²) in [4.78, 5) is 41.6. The lowest BCUT2D eigenvalue weighted by atomic mass is 10.1. The van der Waals surface area contributed by atoms with E-state index in [2.05, 4.69) is 5.32 Å². The number of rotatable bonds is 6. The zero-order valence-electron chi connectivity index (χ0n) is 18.8. The van der Waals surface area contributed by atoms with Crippen molar-refractivity contribution in [1.29, 1.82) is 0 Å². The molecule has 0 unspecified atom stereocenters. The molecule has 1 fully saturated rings. The van der Waals surface area contributed by atoms with Crippen molar-refractivity contribution in [2.45, 2.75) is 10.3 Å². The van der Waals surface area contributed by atoms with Crippen LogP contribution in [0.15, 0.2) is 70.9 Å². The van der Waals surface area contributed by atoms with Crippen LogP contribution in [0.25, 0.3) is 0 Å². The highest BCUT2D eigenvalue weighted by Gasteiger charge is 2.40. The molecule has 188 valence electrons. The molecule has 4 rings (SSSR count). The van der Waals surface area contributed by atoms with Gasteiger partial charge in [0.2, 0.25) is 15.2 Å². The quantitative estimate of drug-likeness (QED) is 0.509. The Morgan fingerprint density at radius 2 is 1.56 bits per heavy atom. The van der Waals surface area contributed by atoms with Gasteiger partial charge in [0.1, 0.15) is 5.82 Å². The number of amides is 3. The van der Waals surface area contributed by atoms with Crippen LogP contribution >= 0.6 is 22.9 Å². The van der Waals surface area contributed by atoms with Gasteiger partial charge in [0, 0.05) is 31.2 Å². The second-order valence-electron chi connectivity index (χ2n) is 7.93. The van der Waals surface area contributed by atoms with Crippen molar-refractivity contribution in [3.05, 3.63) is 87.3 Å². The van der Waals surface area contributed by atoms with E-state index in [4.69, 9.17) is 11.6 Å². The van der Waals surface area contributed by atoms with Gasteiger partial charge in [0.15, 0.2) is 0 Å². The molecule has 8 nitrogen and oxygen atoms in total. The van der Waals surface area contributed by atoms with Crippen LogP contribution in [0, 0.1) is 5.82 Å². The van der Waals surface area contributed by atoms with Gasteiger partial charge in [-0.1, -0.05) is 29.8 Å². The van der Waals surface area contributed by atoms with E-state index in [0.29, 0.717) is 5.02 Å². The Morgan fingerprint density at radius 3 is 2.17 bits per heavy atom. The lowest BCUT2D eigenvalue weighted by Crippen LogP contribution is -2.57. The molecule has 1 aliphatic heterocycles. The van der Waals surface area contributed by atoms with Crippen LogP contribution in [0.1, 0.15) is 20.0 Å². The zero-order chi connectivity index (χ0) is 25.9. The van der Waals surface area contributed by atoms with E-state index in [9.17, 15) is 27.2 Å². The molecule has 1 saturated heterocycles. The summed E-state index contributed by atoms with van der Waals surface area (Å²) in [7, 11) is -4.34. The largest absolute Gasteiger partial charge is 0.336 e. The fraction of sp³-hybridized carbons (Fsp3) is 0.208. The summed E-state index contributed by atoms with van der Waals surface area (Å²) in [5.41, 5.74) is -0.0799. The van der Waals surface area contributed by atoms with Crippen LogP contribution in [-0.4, -0.2) is 67.5 Å². The van der Waals surface area contributed by atoms with Gasteiger partial charge in [-0.2, -0.15) is 0 Å². The first kappa shape index (κ1) is 25.8. The molecule has 1 aromatic heterocycles. The Labute approximate surface area is 216 Å². The fourth-order valence-electron chi connectivity index (χ4n) is 3.73. The first-order valence-corrected chi connectivity index (χ1v) is 13.7. The maximum Gasteiger partial charge on any atom is 0.262 e. The summed E-state index contributed by atoms with van der Waals surface area (Å²) < 4.78 is 40.9. The maximum absolute atomic E-state index is 14.0. The second kappa shape index (κ2) is 10.8. The molecule has 2 aromatic carbocycles. The van der Waals surface area contributed by atoms with E-state index >= 15 is 0 Å². The third-order valence-electron chi connectivity index (χ3n) is 5.67. The predicted molar refractivity (Wildman–Crippen MR) is 133 cm³/mol. The predicted octanol–water partition coefficient (Wildman–Crippen LogP) is 3.06. The Morgan fingerprint density at radius 1 is 0.917 bits per heavy atom. The summed E-state index contributed by atoms with van der Waals surface area (Å²) >= 11 is 6.98.